The molecule has 52 heavy (non-hydrogen) atoms. The van der Waals surface area contributed by atoms with Gasteiger partial charge in [-0.25, -0.2) is 9.18 Å². The van der Waals surface area contributed by atoms with Crippen LogP contribution in [-0.2, 0) is 17.7 Å². The van der Waals surface area contributed by atoms with Gasteiger partial charge in [0.25, 0.3) is 5.91 Å². The number of alkyl halides is 1. The van der Waals surface area contributed by atoms with Crippen LogP contribution in [0.15, 0.2) is 83.3 Å². The number of rotatable bonds is 12. The quantitative estimate of drug-likeness (QED) is 0.136. The number of halogens is 2. The Bertz CT molecular complexity index is 1870. The molecule has 274 valence electrons. The number of likely N-dealkylation sites (tertiary alicyclic amines) is 1. The molecule has 2 heterocycles. The molecule has 0 saturated carbocycles. The molecule has 11 heteroatoms. The Morgan fingerprint density at radius 2 is 1.81 bits per heavy atom. The molecular weight excluding hydrogens is 681 g/mol. The topological polar surface area (TPSA) is 120 Å². The monoisotopic (exact) mass is 727 g/mol. The molecule has 1 aliphatic rings. The minimum atomic E-state index is -1.32. The van der Waals surface area contributed by atoms with Crippen LogP contribution in [0.2, 0.25) is 5.02 Å². The number of nitrogens with one attached hydrogen (secondary N) is 3. The number of carbonyl (C=O) groups is 2. The first-order valence-electron chi connectivity index (χ1n) is 17.6. The highest BCUT2D eigenvalue weighted by Gasteiger charge is 2.34. The smallest absolute Gasteiger partial charge is 0.410 e. The summed E-state index contributed by atoms with van der Waals surface area (Å²) in [5, 5.41) is 19.4. The van der Waals surface area contributed by atoms with E-state index >= 15 is 4.39 Å². The number of amides is 2. The summed E-state index contributed by atoms with van der Waals surface area (Å²) in [4.78, 5) is 27.7. The number of hydrogen-bond acceptors (Lipinski definition) is 7. The number of piperidine rings is 1. The molecule has 2 amide bonds. The molecule has 1 aliphatic heterocycles. The highest BCUT2D eigenvalue weighted by Crippen LogP contribution is 2.28. The van der Waals surface area contributed by atoms with Gasteiger partial charge in [-0.2, -0.15) is 5.26 Å². The lowest BCUT2D eigenvalue weighted by molar-refractivity contribution is 0.00929. The van der Waals surface area contributed by atoms with Crippen LogP contribution in [0.3, 0.4) is 0 Å². The number of ether oxygens (including phenoxy) is 1. The number of nitriles is 1. The van der Waals surface area contributed by atoms with Gasteiger partial charge in [-0.15, -0.1) is 0 Å². The molecule has 1 fully saturated rings. The third kappa shape index (κ3) is 10.7. The number of furan rings is 1. The summed E-state index contributed by atoms with van der Waals surface area (Å²) < 4.78 is 26.9. The highest BCUT2D eigenvalue weighted by atomic mass is 35.5. The first kappa shape index (κ1) is 38.5. The summed E-state index contributed by atoms with van der Waals surface area (Å²) in [6, 6.07) is 25.8. The normalized spacial score (nSPS) is 17.2. The summed E-state index contributed by atoms with van der Waals surface area (Å²) in [6.45, 7) is 10.5. The van der Waals surface area contributed by atoms with Crippen LogP contribution in [0.1, 0.15) is 78.5 Å². The molecule has 3 N–H and O–H groups in total. The number of carbonyl (C=O) groups excluding carboxylic acids is 2. The van der Waals surface area contributed by atoms with Crippen molar-refractivity contribution in [3.8, 4) is 17.4 Å². The molecule has 2 unspecified atom stereocenters. The molecule has 5 rings (SSSR count). The van der Waals surface area contributed by atoms with Crippen LogP contribution in [0.4, 0.5) is 9.18 Å². The van der Waals surface area contributed by atoms with Crippen LogP contribution in [0.5, 0.6) is 0 Å². The van der Waals surface area contributed by atoms with E-state index in [1.807, 2.05) is 30.3 Å². The van der Waals surface area contributed by atoms with Crippen molar-refractivity contribution in [1.29, 1.82) is 5.26 Å². The number of benzene rings is 3. The van der Waals surface area contributed by atoms with E-state index in [4.69, 9.17) is 20.8 Å². The van der Waals surface area contributed by atoms with Crippen molar-refractivity contribution in [1.82, 2.24) is 20.9 Å². The third-order valence-corrected chi connectivity index (χ3v) is 9.37. The zero-order chi connectivity index (χ0) is 37.4. The SMILES string of the molecule is Cc1ccc([C@@H](C)NCc2ccc(-c3ccc(Cl)c(C(=O)N[C@@H](CNC4CCN(C(=O)OC(C)(C)C)CC4F)Cc4ccc(C#N)cc4)c3)o2)cc1. The Kier molecular flexibility index (Phi) is 12.8. The van der Waals surface area contributed by atoms with Gasteiger partial charge in [0.15, 0.2) is 0 Å². The van der Waals surface area contributed by atoms with E-state index in [1.54, 1.807) is 45.0 Å². The largest absolute Gasteiger partial charge is 0.460 e. The summed E-state index contributed by atoms with van der Waals surface area (Å²) in [7, 11) is 0. The number of hydrogen-bond donors (Lipinski definition) is 3. The summed E-state index contributed by atoms with van der Waals surface area (Å²) >= 11 is 6.57. The van der Waals surface area contributed by atoms with Crippen molar-refractivity contribution in [3.63, 3.8) is 0 Å². The first-order valence-corrected chi connectivity index (χ1v) is 18.0. The molecule has 0 bridgehead atoms. The minimum absolute atomic E-state index is 0.0854. The fraction of sp³-hybridized carbons (Fsp3) is 0.390. The van der Waals surface area contributed by atoms with Crippen LogP contribution in [0, 0.1) is 18.3 Å². The van der Waals surface area contributed by atoms with Crippen LogP contribution in [-0.4, -0.2) is 60.4 Å². The second-order valence-electron chi connectivity index (χ2n) is 14.4. The van der Waals surface area contributed by atoms with Crippen LogP contribution in [0.25, 0.3) is 11.3 Å². The summed E-state index contributed by atoms with van der Waals surface area (Å²) in [5.74, 6) is 0.976. The fourth-order valence-electron chi connectivity index (χ4n) is 6.07. The maximum absolute atomic E-state index is 15.4. The Labute approximate surface area is 310 Å². The zero-order valence-electron chi connectivity index (χ0n) is 30.3. The predicted molar refractivity (Wildman–Crippen MR) is 201 cm³/mol. The lowest BCUT2D eigenvalue weighted by Gasteiger charge is -2.36. The van der Waals surface area contributed by atoms with E-state index in [0.717, 1.165) is 11.3 Å². The minimum Gasteiger partial charge on any atom is -0.460 e. The maximum atomic E-state index is 15.4. The van der Waals surface area contributed by atoms with E-state index in [0.29, 0.717) is 42.8 Å². The zero-order valence-corrected chi connectivity index (χ0v) is 31.1. The van der Waals surface area contributed by atoms with Gasteiger partial charge in [0.1, 0.15) is 23.3 Å². The van der Waals surface area contributed by atoms with Crippen molar-refractivity contribution in [2.45, 2.75) is 83.9 Å². The van der Waals surface area contributed by atoms with Crippen LogP contribution < -0.4 is 16.0 Å². The van der Waals surface area contributed by atoms with E-state index < -0.39 is 29.9 Å². The van der Waals surface area contributed by atoms with Gasteiger partial charge in [0, 0.05) is 36.8 Å². The van der Waals surface area contributed by atoms with Crippen molar-refractivity contribution in [2.24, 2.45) is 0 Å². The van der Waals surface area contributed by atoms with Gasteiger partial charge >= 0.3 is 6.09 Å². The van der Waals surface area contributed by atoms with E-state index in [9.17, 15) is 14.9 Å². The molecule has 1 aromatic heterocycles. The van der Waals surface area contributed by atoms with Gasteiger partial charge in [-0.05, 0) is 101 Å². The Morgan fingerprint density at radius 1 is 1.08 bits per heavy atom. The van der Waals surface area contributed by atoms with E-state index in [-0.39, 0.29) is 35.6 Å². The second kappa shape index (κ2) is 17.2. The van der Waals surface area contributed by atoms with Gasteiger partial charge in [0.05, 0.1) is 35.3 Å². The third-order valence-electron chi connectivity index (χ3n) is 9.04. The molecular formula is C41H47ClFN5O4. The van der Waals surface area contributed by atoms with Crippen molar-refractivity contribution in [3.05, 3.63) is 117 Å². The average molecular weight is 728 g/mol. The highest BCUT2D eigenvalue weighted by molar-refractivity contribution is 6.34. The fourth-order valence-corrected chi connectivity index (χ4v) is 6.27. The summed E-state index contributed by atoms with van der Waals surface area (Å²) in [6.07, 6.45) is -1.05. The molecule has 4 aromatic rings. The first-order chi connectivity index (χ1) is 24.8. The number of aryl methyl sites for hydroxylation is 1. The van der Waals surface area contributed by atoms with Gasteiger partial charge in [-0.3, -0.25) is 4.79 Å². The predicted octanol–water partition coefficient (Wildman–Crippen LogP) is 7.91. The van der Waals surface area contributed by atoms with Crippen molar-refractivity contribution < 1.29 is 23.1 Å². The average Bonchev–Trinajstić information content (AvgIpc) is 3.59. The molecule has 3 aromatic carbocycles. The Balaban J connectivity index is 1.25. The maximum Gasteiger partial charge on any atom is 0.410 e. The van der Waals surface area contributed by atoms with Crippen LogP contribution >= 0.6 is 11.6 Å². The lowest BCUT2D eigenvalue weighted by atomic mass is 10.0. The molecule has 1 saturated heterocycles. The van der Waals surface area contributed by atoms with Gasteiger partial charge in [0.2, 0.25) is 0 Å². The molecule has 0 spiro atoms. The standard InChI is InChI=1S/C41H47ClFN5O4/c1-26-6-12-30(13-7-26)27(2)45-24-33-15-17-38(51-33)31-14-16-35(42)34(21-31)39(49)47-32(20-28-8-10-29(22-44)11-9-28)23-46-37-18-19-48(25-36(37)43)40(50)52-41(3,4)5/h6-17,21,27,32,36-37,45-46H,18-20,23-25H2,1-5H3,(H,47,49)/t27-,32-,36?,37?/m1/s1. The molecule has 9 nitrogen and oxygen atoms in total. The van der Waals surface area contributed by atoms with Gasteiger partial charge < -0.3 is 30.0 Å². The molecule has 0 aliphatic carbocycles. The number of nitrogens with zero attached hydrogens (tertiary/aromatic N) is 2. The van der Waals surface area contributed by atoms with E-state index in [2.05, 4.69) is 60.1 Å². The second-order valence-corrected chi connectivity index (χ2v) is 14.8. The Morgan fingerprint density at radius 3 is 2.48 bits per heavy atom. The molecule has 0 radical (unpaired) electrons. The summed E-state index contributed by atoms with van der Waals surface area (Å²) in [5.41, 5.74) is 4.14. The van der Waals surface area contributed by atoms with Crippen molar-refractivity contribution >= 4 is 23.6 Å². The Hall–Kier alpha value is -4.69. The van der Waals surface area contributed by atoms with Gasteiger partial charge in [-0.1, -0.05) is 53.6 Å². The molecule has 4 atom stereocenters. The lowest BCUT2D eigenvalue weighted by Crippen LogP contribution is -2.55. The van der Waals surface area contributed by atoms with Crippen molar-refractivity contribution in [2.75, 3.05) is 19.6 Å². The van der Waals surface area contributed by atoms with E-state index in [1.165, 1.54) is 16.0 Å².